The van der Waals surface area contributed by atoms with E-state index in [4.69, 9.17) is 0 Å². The van der Waals surface area contributed by atoms with Crippen LogP contribution in [0, 0.1) is 0 Å². The molecule has 0 radical (unpaired) electrons. The van der Waals surface area contributed by atoms with E-state index in [1.54, 1.807) is 0 Å². The van der Waals surface area contributed by atoms with Gasteiger partial charge in [0.05, 0.1) is 6.61 Å². The van der Waals surface area contributed by atoms with E-state index in [1.807, 2.05) is 6.07 Å². The number of nitrogens with zero attached hydrogens (tertiary/aromatic N) is 2. The van der Waals surface area contributed by atoms with Gasteiger partial charge in [0.1, 0.15) is 0 Å². The van der Waals surface area contributed by atoms with Gasteiger partial charge in [-0.15, -0.1) is 0 Å². The van der Waals surface area contributed by atoms with Gasteiger partial charge in [0.25, 0.3) is 0 Å². The van der Waals surface area contributed by atoms with Gasteiger partial charge in [0, 0.05) is 19.1 Å². The maximum Gasteiger partial charge on any atom is 0.0558 e. The Morgan fingerprint density at radius 1 is 1.25 bits per heavy atom. The highest BCUT2D eigenvalue weighted by Gasteiger charge is 2.21. The van der Waals surface area contributed by atoms with Crippen LogP contribution in [0.3, 0.4) is 0 Å². The molecule has 1 aromatic rings. The molecule has 0 amide bonds. The molecule has 1 aliphatic rings. The second-order valence-electron chi connectivity index (χ2n) is 5.57. The summed E-state index contributed by atoms with van der Waals surface area (Å²) in [6.07, 6.45) is 6.79. The highest BCUT2D eigenvalue weighted by atomic mass is 16.3. The Balaban J connectivity index is 1.87. The van der Waals surface area contributed by atoms with Crippen LogP contribution < -0.4 is 0 Å². The Bertz CT molecular complexity index is 397. The lowest BCUT2D eigenvalue weighted by molar-refractivity contribution is 0.110. The van der Waals surface area contributed by atoms with Gasteiger partial charge < -0.3 is 10.0 Å². The summed E-state index contributed by atoms with van der Waals surface area (Å²) in [5.41, 5.74) is 1.24. The third-order valence-corrected chi connectivity index (χ3v) is 4.04. The first-order valence-corrected chi connectivity index (χ1v) is 7.54. The number of piperidine rings is 1. The maximum atomic E-state index is 9.26. The van der Waals surface area contributed by atoms with Gasteiger partial charge >= 0.3 is 0 Å². The van der Waals surface area contributed by atoms with Gasteiger partial charge in [-0.1, -0.05) is 42.5 Å². The first kappa shape index (κ1) is 15.2. The zero-order chi connectivity index (χ0) is 14.2. The summed E-state index contributed by atoms with van der Waals surface area (Å²) in [6, 6.07) is 11.0. The molecular formula is C17H26N2O. The summed E-state index contributed by atoms with van der Waals surface area (Å²) < 4.78 is 0. The number of aliphatic hydroxyl groups is 1. The summed E-state index contributed by atoms with van der Waals surface area (Å²) in [7, 11) is 2.18. The lowest BCUT2D eigenvalue weighted by Crippen LogP contribution is -2.44. The number of benzene rings is 1. The molecular weight excluding hydrogens is 248 g/mol. The van der Waals surface area contributed by atoms with E-state index < -0.39 is 0 Å². The van der Waals surface area contributed by atoms with Gasteiger partial charge in [-0.3, -0.25) is 4.90 Å². The SMILES string of the molecule is CN1CCC(N(C/C=C/c2ccccc2)CCO)CC1. The van der Waals surface area contributed by atoms with Gasteiger partial charge in [-0.25, -0.2) is 0 Å². The fourth-order valence-corrected chi connectivity index (χ4v) is 2.80. The van der Waals surface area contributed by atoms with E-state index in [9.17, 15) is 5.11 Å². The molecule has 0 bridgehead atoms. The average molecular weight is 274 g/mol. The molecule has 0 unspecified atom stereocenters. The Labute approximate surface area is 122 Å². The van der Waals surface area contributed by atoms with Crippen molar-refractivity contribution >= 4 is 6.08 Å². The smallest absolute Gasteiger partial charge is 0.0558 e. The van der Waals surface area contributed by atoms with E-state index in [-0.39, 0.29) is 6.61 Å². The lowest BCUT2D eigenvalue weighted by atomic mass is 10.0. The molecule has 3 nitrogen and oxygen atoms in total. The molecule has 3 heteroatoms. The van der Waals surface area contributed by atoms with Crippen molar-refractivity contribution in [3.8, 4) is 0 Å². The van der Waals surface area contributed by atoms with Gasteiger partial charge in [-0.05, 0) is 38.5 Å². The summed E-state index contributed by atoms with van der Waals surface area (Å²) >= 11 is 0. The van der Waals surface area contributed by atoms with Crippen molar-refractivity contribution in [1.82, 2.24) is 9.80 Å². The van der Waals surface area contributed by atoms with Crippen LogP contribution in [0.15, 0.2) is 36.4 Å². The molecule has 20 heavy (non-hydrogen) atoms. The molecule has 0 saturated carbocycles. The third-order valence-electron chi connectivity index (χ3n) is 4.04. The predicted molar refractivity (Wildman–Crippen MR) is 84.7 cm³/mol. The molecule has 1 heterocycles. The molecule has 0 atom stereocenters. The van der Waals surface area contributed by atoms with Crippen molar-refractivity contribution in [1.29, 1.82) is 0 Å². The average Bonchev–Trinajstić information content (AvgIpc) is 2.48. The van der Waals surface area contributed by atoms with Crippen LogP contribution in [0.4, 0.5) is 0 Å². The number of aliphatic hydroxyl groups excluding tert-OH is 1. The Morgan fingerprint density at radius 3 is 2.60 bits per heavy atom. The topological polar surface area (TPSA) is 26.7 Å². The number of hydrogen-bond acceptors (Lipinski definition) is 3. The number of hydrogen-bond donors (Lipinski definition) is 1. The van der Waals surface area contributed by atoms with Crippen molar-refractivity contribution in [2.45, 2.75) is 18.9 Å². The van der Waals surface area contributed by atoms with Gasteiger partial charge in [0.15, 0.2) is 0 Å². The van der Waals surface area contributed by atoms with Crippen LogP contribution in [0.1, 0.15) is 18.4 Å². The molecule has 1 fully saturated rings. The lowest BCUT2D eigenvalue weighted by Gasteiger charge is -2.36. The van der Waals surface area contributed by atoms with E-state index in [2.05, 4.69) is 53.3 Å². The molecule has 110 valence electrons. The normalized spacial score (nSPS) is 18.1. The number of rotatable bonds is 6. The molecule has 1 aromatic carbocycles. The second kappa shape index (κ2) is 8.20. The molecule has 0 spiro atoms. The summed E-state index contributed by atoms with van der Waals surface area (Å²) in [4.78, 5) is 4.79. The van der Waals surface area contributed by atoms with E-state index in [0.717, 1.165) is 26.2 Å². The minimum Gasteiger partial charge on any atom is -0.395 e. The van der Waals surface area contributed by atoms with Crippen LogP contribution in [0.2, 0.25) is 0 Å². The Morgan fingerprint density at radius 2 is 1.95 bits per heavy atom. The number of likely N-dealkylation sites (tertiary alicyclic amines) is 1. The standard InChI is InChI=1S/C17H26N2O/c1-18-12-9-17(10-13-18)19(14-15-20)11-5-8-16-6-3-2-4-7-16/h2-8,17,20H,9-15H2,1H3/b8-5+. The van der Waals surface area contributed by atoms with Crippen LogP contribution in [0.5, 0.6) is 0 Å². The molecule has 1 saturated heterocycles. The van der Waals surface area contributed by atoms with Crippen LogP contribution in [0.25, 0.3) is 6.08 Å². The van der Waals surface area contributed by atoms with Gasteiger partial charge in [-0.2, -0.15) is 0 Å². The van der Waals surface area contributed by atoms with E-state index in [0.29, 0.717) is 6.04 Å². The molecule has 0 aliphatic carbocycles. The van der Waals surface area contributed by atoms with Crippen LogP contribution in [-0.2, 0) is 0 Å². The fraction of sp³-hybridized carbons (Fsp3) is 0.529. The summed E-state index contributed by atoms with van der Waals surface area (Å²) in [6.45, 7) is 4.26. The van der Waals surface area contributed by atoms with Crippen molar-refractivity contribution in [2.75, 3.05) is 39.8 Å². The minimum atomic E-state index is 0.242. The first-order valence-electron chi connectivity index (χ1n) is 7.54. The Hall–Kier alpha value is -1.16. The molecule has 2 rings (SSSR count). The highest BCUT2D eigenvalue weighted by Crippen LogP contribution is 2.15. The quantitative estimate of drug-likeness (QED) is 0.860. The van der Waals surface area contributed by atoms with E-state index in [1.165, 1.54) is 18.4 Å². The molecule has 1 aliphatic heterocycles. The second-order valence-corrected chi connectivity index (χ2v) is 5.57. The van der Waals surface area contributed by atoms with Gasteiger partial charge in [0.2, 0.25) is 0 Å². The predicted octanol–water partition coefficient (Wildman–Crippen LogP) is 2.09. The Kier molecular flexibility index (Phi) is 6.25. The zero-order valence-corrected chi connectivity index (χ0v) is 12.4. The third kappa shape index (κ3) is 4.75. The monoisotopic (exact) mass is 274 g/mol. The maximum absolute atomic E-state index is 9.26. The van der Waals surface area contributed by atoms with Crippen LogP contribution >= 0.6 is 0 Å². The van der Waals surface area contributed by atoms with Crippen molar-refractivity contribution in [3.63, 3.8) is 0 Å². The van der Waals surface area contributed by atoms with Crippen molar-refractivity contribution in [2.24, 2.45) is 0 Å². The summed E-state index contributed by atoms with van der Waals surface area (Å²) in [5.74, 6) is 0. The molecule has 1 N–H and O–H groups in total. The van der Waals surface area contributed by atoms with Crippen molar-refractivity contribution in [3.05, 3.63) is 42.0 Å². The van der Waals surface area contributed by atoms with E-state index >= 15 is 0 Å². The molecule has 0 aromatic heterocycles. The zero-order valence-electron chi connectivity index (χ0n) is 12.4. The first-order chi connectivity index (χ1) is 9.79. The fourth-order valence-electron chi connectivity index (χ4n) is 2.80. The summed E-state index contributed by atoms with van der Waals surface area (Å²) in [5, 5.41) is 9.26. The highest BCUT2D eigenvalue weighted by molar-refractivity contribution is 5.48. The minimum absolute atomic E-state index is 0.242. The van der Waals surface area contributed by atoms with Crippen molar-refractivity contribution < 1.29 is 5.11 Å². The van der Waals surface area contributed by atoms with Crippen LogP contribution in [-0.4, -0.2) is 60.8 Å². The largest absolute Gasteiger partial charge is 0.395 e.